The van der Waals surface area contributed by atoms with Gasteiger partial charge in [-0.25, -0.2) is 0 Å². The van der Waals surface area contributed by atoms with Gasteiger partial charge in [-0.3, -0.25) is 4.79 Å². The Kier molecular flexibility index (Phi) is 5.75. The molecule has 0 bridgehead atoms. The summed E-state index contributed by atoms with van der Waals surface area (Å²) in [4.78, 5) is 16.4. The van der Waals surface area contributed by atoms with Gasteiger partial charge in [-0.15, -0.1) is 0 Å². The van der Waals surface area contributed by atoms with E-state index in [1.54, 1.807) is 24.3 Å². The second kappa shape index (κ2) is 8.83. The van der Waals surface area contributed by atoms with Gasteiger partial charge in [-0.1, -0.05) is 78.4 Å². The average molecular weight is 534 g/mol. The Morgan fingerprint density at radius 2 is 1.46 bits per heavy atom. The number of benzene rings is 4. The van der Waals surface area contributed by atoms with Gasteiger partial charge in [0.25, 0.3) is 0 Å². The smallest absolute Gasteiger partial charge is 0.230 e. The molecule has 0 aliphatic carbocycles. The molecule has 0 radical (unpaired) electrons. The van der Waals surface area contributed by atoms with Crippen LogP contribution in [0.5, 0.6) is 5.75 Å². The number of aryl methyl sites for hydroxylation is 2. The van der Waals surface area contributed by atoms with Crippen LogP contribution in [0.2, 0.25) is 0 Å². The fourth-order valence-corrected chi connectivity index (χ4v) is 8.66. The van der Waals surface area contributed by atoms with Gasteiger partial charge in [0, 0.05) is 34.5 Å². The normalized spacial score (nSPS) is 18.9. The summed E-state index contributed by atoms with van der Waals surface area (Å²) in [7, 11) is -1.55. The van der Waals surface area contributed by atoms with Crippen molar-refractivity contribution in [3.63, 3.8) is 0 Å². The molecule has 2 heterocycles. The first-order chi connectivity index (χ1) is 18.6. The van der Waals surface area contributed by atoms with Crippen molar-refractivity contribution in [3.8, 4) is 5.75 Å². The van der Waals surface area contributed by atoms with Crippen molar-refractivity contribution in [1.29, 1.82) is 0 Å². The van der Waals surface area contributed by atoms with Crippen LogP contribution in [0.4, 0.5) is 5.69 Å². The number of ether oxygens (including phenoxy) is 1. The third-order valence-electron chi connectivity index (χ3n) is 8.45. The number of carbonyl (C=O) groups excluding carboxylic acids is 1. The predicted molar refractivity (Wildman–Crippen MR) is 160 cm³/mol. The summed E-state index contributed by atoms with van der Waals surface area (Å²) < 4.78 is 21.6. The summed E-state index contributed by atoms with van der Waals surface area (Å²) in [6, 6.07) is 28.5. The summed E-state index contributed by atoms with van der Waals surface area (Å²) in [5, 5.41) is 1.07. The Morgan fingerprint density at radius 3 is 2.08 bits per heavy atom. The zero-order chi connectivity index (χ0) is 27.6. The summed E-state index contributed by atoms with van der Waals surface area (Å²) in [5.74, 6) is 0.713. The number of carbonyl (C=O) groups is 1. The zero-order valence-electron chi connectivity index (χ0n) is 22.9. The van der Waals surface area contributed by atoms with E-state index in [0.29, 0.717) is 21.9 Å². The molecule has 196 valence electrons. The van der Waals surface area contributed by atoms with E-state index in [-0.39, 0.29) is 10.9 Å². The summed E-state index contributed by atoms with van der Waals surface area (Å²) in [5.41, 5.74) is 4.20. The first kappa shape index (κ1) is 25.4. The van der Waals surface area contributed by atoms with E-state index in [0.717, 1.165) is 16.8 Å². The number of anilines is 1. The largest absolute Gasteiger partial charge is 0.463 e. The van der Waals surface area contributed by atoms with Crippen LogP contribution < -0.4 is 20.2 Å². The number of fused-ring (bicyclic) bond motifs is 2. The molecule has 5 heteroatoms. The molecule has 2 aliphatic heterocycles. The van der Waals surface area contributed by atoms with Crippen LogP contribution in [-0.2, 0) is 9.98 Å². The van der Waals surface area contributed by atoms with Crippen LogP contribution >= 0.6 is 7.14 Å². The Labute approximate surface area is 230 Å². The lowest BCUT2D eigenvalue weighted by Gasteiger charge is -2.46. The topological polar surface area (TPSA) is 46.6 Å². The fraction of sp³-hybridized carbons (Fsp3) is 0.206. The quantitative estimate of drug-likeness (QED) is 0.265. The molecule has 4 aromatic carbocycles. The van der Waals surface area contributed by atoms with Crippen molar-refractivity contribution < 1.29 is 14.1 Å². The highest BCUT2D eigenvalue weighted by atomic mass is 31.2. The van der Waals surface area contributed by atoms with E-state index in [9.17, 15) is 9.36 Å². The maximum absolute atomic E-state index is 14.7. The molecule has 0 saturated heterocycles. The molecule has 1 atom stereocenters. The van der Waals surface area contributed by atoms with E-state index >= 15 is 0 Å². The Morgan fingerprint density at radius 1 is 0.846 bits per heavy atom. The Hall–Kier alpha value is -3.88. The highest BCUT2D eigenvalue weighted by molar-refractivity contribution is 7.93. The van der Waals surface area contributed by atoms with Gasteiger partial charge in [0.15, 0.2) is 0 Å². The van der Waals surface area contributed by atoms with E-state index in [4.69, 9.17) is 4.74 Å². The lowest BCUT2D eigenvalue weighted by atomic mass is 9.76. The van der Waals surface area contributed by atoms with Crippen LogP contribution in [0.25, 0.3) is 6.08 Å². The maximum atomic E-state index is 14.7. The molecular formula is C34H32NO3P. The van der Waals surface area contributed by atoms with Crippen molar-refractivity contribution in [2.24, 2.45) is 0 Å². The van der Waals surface area contributed by atoms with Crippen LogP contribution in [-0.4, -0.2) is 18.3 Å². The van der Waals surface area contributed by atoms with Gasteiger partial charge in [0.05, 0.1) is 5.41 Å². The lowest BCUT2D eigenvalue weighted by Crippen LogP contribution is -2.58. The van der Waals surface area contributed by atoms with Crippen LogP contribution in [0.1, 0.15) is 46.5 Å². The van der Waals surface area contributed by atoms with Crippen molar-refractivity contribution in [1.82, 2.24) is 0 Å². The maximum Gasteiger partial charge on any atom is 0.230 e. The minimum atomic E-state index is -3.61. The zero-order valence-corrected chi connectivity index (χ0v) is 23.8. The second-order valence-electron chi connectivity index (χ2n) is 11.1. The molecule has 0 N–H and O–H groups in total. The lowest BCUT2D eigenvalue weighted by molar-refractivity contribution is 0.0581. The monoisotopic (exact) mass is 533 g/mol. The minimum absolute atomic E-state index is 0.323. The van der Waals surface area contributed by atoms with E-state index < -0.39 is 12.9 Å². The van der Waals surface area contributed by atoms with Gasteiger partial charge >= 0.3 is 0 Å². The van der Waals surface area contributed by atoms with Crippen molar-refractivity contribution in [2.75, 3.05) is 11.9 Å². The van der Waals surface area contributed by atoms with Gasteiger partial charge in [-0.2, -0.15) is 0 Å². The standard InChI is InChI=1S/C34H32NO3P/c1-23-16-17-30-29(20-23)33(3,4)34(35(30)5)19-18-25-22-28(24(2)21-31(25)38-34)32(36)39(37,26-12-8-6-9-13-26)27-14-10-7-11-15-27/h6-22H,1-5H3. The molecule has 4 nitrogen and oxygen atoms in total. The highest BCUT2D eigenvalue weighted by Crippen LogP contribution is 2.55. The first-order valence-corrected chi connectivity index (χ1v) is 14.9. The summed E-state index contributed by atoms with van der Waals surface area (Å²) in [6.45, 7) is 8.43. The van der Waals surface area contributed by atoms with Crippen molar-refractivity contribution in [2.45, 2.75) is 38.8 Å². The minimum Gasteiger partial charge on any atom is -0.463 e. The Balaban J connectivity index is 1.44. The summed E-state index contributed by atoms with van der Waals surface area (Å²) >= 11 is 0. The molecule has 0 fully saturated rings. The molecule has 1 spiro atoms. The predicted octanol–water partition coefficient (Wildman–Crippen LogP) is 6.99. The number of hydrogen-bond donors (Lipinski definition) is 0. The molecular weight excluding hydrogens is 501 g/mol. The Bertz CT molecular complexity index is 1650. The van der Waals surface area contributed by atoms with E-state index in [2.05, 4.69) is 57.0 Å². The molecule has 0 amide bonds. The second-order valence-corrected chi connectivity index (χ2v) is 13.8. The third kappa shape index (κ3) is 3.58. The van der Waals surface area contributed by atoms with Crippen LogP contribution in [0, 0.1) is 13.8 Å². The average Bonchev–Trinajstić information content (AvgIpc) is 3.10. The highest BCUT2D eigenvalue weighted by Gasteiger charge is 2.57. The van der Waals surface area contributed by atoms with Crippen molar-refractivity contribution in [3.05, 3.63) is 125 Å². The third-order valence-corrected chi connectivity index (χ3v) is 11.3. The molecule has 1 unspecified atom stereocenters. The van der Waals surface area contributed by atoms with E-state index in [1.807, 2.05) is 61.5 Å². The van der Waals surface area contributed by atoms with Crippen LogP contribution in [0.15, 0.2) is 97.1 Å². The van der Waals surface area contributed by atoms with Gasteiger partial charge < -0.3 is 14.2 Å². The van der Waals surface area contributed by atoms with E-state index in [1.165, 1.54) is 11.1 Å². The summed E-state index contributed by atoms with van der Waals surface area (Å²) in [6.07, 6.45) is 4.14. The molecule has 6 rings (SSSR count). The first-order valence-electron chi connectivity index (χ1n) is 13.2. The molecule has 39 heavy (non-hydrogen) atoms. The van der Waals surface area contributed by atoms with Crippen molar-refractivity contribution >= 4 is 35.0 Å². The number of hydrogen-bond acceptors (Lipinski definition) is 4. The van der Waals surface area contributed by atoms with Gasteiger partial charge in [0.2, 0.25) is 18.4 Å². The fourth-order valence-electron chi connectivity index (χ4n) is 6.13. The SMILES string of the molecule is Cc1ccc2c(c1)C(C)(C)C1(C=Cc3cc(C(=O)P(=O)(c4ccccc4)c4ccccc4)c(C)cc3O1)N2C. The van der Waals surface area contributed by atoms with Crippen LogP contribution in [0.3, 0.4) is 0 Å². The molecule has 0 saturated carbocycles. The molecule has 2 aliphatic rings. The van der Waals surface area contributed by atoms with Gasteiger partial charge in [0.1, 0.15) is 5.75 Å². The number of nitrogens with zero attached hydrogens (tertiary/aromatic N) is 1. The molecule has 0 aromatic heterocycles. The number of rotatable bonds is 4. The number of likely N-dealkylation sites (N-methyl/N-ethyl adjacent to an activating group) is 1. The van der Waals surface area contributed by atoms with Gasteiger partial charge in [-0.05, 0) is 69.2 Å². The molecule has 4 aromatic rings.